The molecular weight excluding hydrogens is 464 g/mol. The zero-order valence-corrected chi connectivity index (χ0v) is 19.7. The van der Waals surface area contributed by atoms with E-state index in [1.54, 1.807) is 17.1 Å². The number of aliphatic hydroxyl groups excluding tert-OH is 1. The second-order valence-corrected chi connectivity index (χ2v) is 9.43. The molecule has 2 fully saturated rings. The van der Waals surface area contributed by atoms with E-state index < -0.39 is 0 Å². The lowest BCUT2D eigenvalue weighted by Crippen LogP contribution is -2.46. The summed E-state index contributed by atoms with van der Waals surface area (Å²) >= 11 is 0. The molecule has 13 nitrogen and oxygen atoms in total. The van der Waals surface area contributed by atoms with Crippen LogP contribution < -0.4 is 5.73 Å². The molecule has 0 aromatic carbocycles. The van der Waals surface area contributed by atoms with Crippen molar-refractivity contribution in [1.29, 1.82) is 0 Å². The van der Waals surface area contributed by atoms with Gasteiger partial charge in [0.2, 0.25) is 5.82 Å². The summed E-state index contributed by atoms with van der Waals surface area (Å²) in [6.07, 6.45) is 9.70. The van der Waals surface area contributed by atoms with Crippen LogP contribution >= 0.6 is 0 Å². The number of Topliss-reactive ketones (excluding diaryl/α,β-unsaturated/α-hetero) is 1. The number of nitrogens with two attached hydrogens (primary N) is 1. The highest BCUT2D eigenvalue weighted by molar-refractivity contribution is 6.00. The molecule has 2 saturated heterocycles. The molecule has 0 unspecified atom stereocenters. The molecule has 0 spiro atoms. The summed E-state index contributed by atoms with van der Waals surface area (Å²) < 4.78 is 3.14. The summed E-state index contributed by atoms with van der Waals surface area (Å²) in [5.41, 5.74) is 9.61. The van der Waals surface area contributed by atoms with Gasteiger partial charge in [-0.05, 0) is 32.6 Å². The van der Waals surface area contributed by atoms with E-state index in [0.29, 0.717) is 36.3 Å². The molecule has 4 N–H and O–H groups in total. The van der Waals surface area contributed by atoms with Crippen molar-refractivity contribution in [3.63, 3.8) is 0 Å². The topological polar surface area (TPSA) is 173 Å². The third-order valence-electron chi connectivity index (χ3n) is 7.31. The summed E-state index contributed by atoms with van der Waals surface area (Å²) in [6.45, 7) is 1.85. The molecule has 186 valence electrons. The molecule has 2 aliphatic heterocycles. The number of piperidine rings is 1. The average molecular weight is 491 g/mol. The van der Waals surface area contributed by atoms with E-state index in [4.69, 9.17) is 10.7 Å². The van der Waals surface area contributed by atoms with Crippen molar-refractivity contribution >= 4 is 23.2 Å². The van der Waals surface area contributed by atoms with Crippen LogP contribution in [-0.2, 0) is 6.54 Å². The second-order valence-electron chi connectivity index (χ2n) is 9.43. The molecule has 0 saturated carbocycles. The van der Waals surface area contributed by atoms with Gasteiger partial charge >= 0.3 is 0 Å². The van der Waals surface area contributed by atoms with Crippen molar-refractivity contribution in [2.45, 2.75) is 57.2 Å². The first-order valence-corrected chi connectivity index (χ1v) is 12.0. The number of rotatable bonds is 6. The van der Waals surface area contributed by atoms with E-state index in [0.717, 1.165) is 24.0 Å². The van der Waals surface area contributed by atoms with E-state index >= 15 is 0 Å². The van der Waals surface area contributed by atoms with Crippen LogP contribution in [0.4, 0.5) is 5.82 Å². The fourth-order valence-electron chi connectivity index (χ4n) is 5.78. The van der Waals surface area contributed by atoms with Crippen LogP contribution in [-0.4, -0.2) is 79.9 Å². The fraction of sp³-hybridized carbons (Fsp3) is 0.435. The van der Waals surface area contributed by atoms with E-state index in [1.807, 2.05) is 11.1 Å². The Bertz CT molecular complexity index is 1440. The number of hydrogen-bond acceptors (Lipinski definition) is 9. The lowest BCUT2D eigenvalue weighted by Gasteiger charge is -2.38. The number of amides is 1. The number of ketones is 1. The molecule has 3 atom stereocenters. The molecule has 4 aromatic heterocycles. The van der Waals surface area contributed by atoms with E-state index in [1.165, 1.54) is 17.8 Å². The lowest BCUT2D eigenvalue weighted by atomic mass is 9.85. The minimum Gasteiger partial charge on any atom is -0.394 e. The van der Waals surface area contributed by atoms with Gasteiger partial charge < -0.3 is 20.7 Å². The van der Waals surface area contributed by atoms with Gasteiger partial charge in [0.15, 0.2) is 11.4 Å². The first-order chi connectivity index (χ1) is 17.5. The highest BCUT2D eigenvalue weighted by Crippen LogP contribution is 2.45. The Labute approximate surface area is 205 Å². The minimum atomic E-state index is -0.169. The normalized spacial score (nSPS) is 21.4. The first kappa shape index (κ1) is 22.3. The van der Waals surface area contributed by atoms with Gasteiger partial charge in [-0.2, -0.15) is 14.7 Å². The number of carbonyl (C=O) groups excluding carboxylic acids is 2. The number of nitrogens with zero attached hydrogens (tertiary/aromatic N) is 8. The van der Waals surface area contributed by atoms with Crippen LogP contribution in [0.15, 0.2) is 24.9 Å². The smallest absolute Gasteiger partial charge is 0.292 e. The molecule has 2 bridgehead atoms. The lowest BCUT2D eigenvalue weighted by molar-refractivity contribution is 0.0556. The average Bonchev–Trinajstić information content (AvgIpc) is 3.65. The Balaban J connectivity index is 1.39. The van der Waals surface area contributed by atoms with Crippen molar-refractivity contribution < 1.29 is 14.7 Å². The van der Waals surface area contributed by atoms with E-state index in [2.05, 4.69) is 25.4 Å². The van der Waals surface area contributed by atoms with Crippen molar-refractivity contribution in [3.8, 4) is 11.1 Å². The Morgan fingerprint density at radius 1 is 1.19 bits per heavy atom. The zero-order valence-electron chi connectivity index (χ0n) is 19.7. The van der Waals surface area contributed by atoms with Gasteiger partial charge in [-0.1, -0.05) is 0 Å². The SMILES string of the molecule is CC(=O)c1c([C@@H]2C[C@H]3CC[C@@H](C2)N3C(=O)c2nnc[nH]2)nc2c(-c3cnn(CCO)c3)cnn2c1N. The Morgan fingerprint density at radius 3 is 2.64 bits per heavy atom. The second kappa shape index (κ2) is 8.52. The van der Waals surface area contributed by atoms with Crippen LogP contribution in [0.3, 0.4) is 0 Å². The highest BCUT2D eigenvalue weighted by atomic mass is 16.3. The van der Waals surface area contributed by atoms with Crippen LogP contribution in [0.5, 0.6) is 0 Å². The molecule has 0 aliphatic carbocycles. The first-order valence-electron chi connectivity index (χ1n) is 12.0. The quantitative estimate of drug-likeness (QED) is 0.334. The Hall–Kier alpha value is -4.13. The molecule has 4 aromatic rings. The number of anilines is 1. The van der Waals surface area contributed by atoms with Crippen LogP contribution in [0, 0.1) is 0 Å². The summed E-state index contributed by atoms with van der Waals surface area (Å²) in [5.74, 6) is 0.143. The van der Waals surface area contributed by atoms with E-state index in [9.17, 15) is 14.7 Å². The number of fused-ring (bicyclic) bond motifs is 3. The molecule has 1 amide bonds. The van der Waals surface area contributed by atoms with Crippen LogP contribution in [0.25, 0.3) is 16.8 Å². The number of nitrogen functional groups attached to an aromatic ring is 1. The fourth-order valence-corrected chi connectivity index (χ4v) is 5.78. The molecule has 6 heterocycles. The molecule has 13 heteroatoms. The zero-order chi connectivity index (χ0) is 25.0. The maximum atomic E-state index is 13.1. The van der Waals surface area contributed by atoms with Crippen molar-refractivity contribution in [2.75, 3.05) is 12.3 Å². The van der Waals surface area contributed by atoms with Crippen LogP contribution in [0.1, 0.15) is 65.2 Å². The maximum absolute atomic E-state index is 13.1. The number of aromatic amines is 1. The number of aliphatic hydroxyl groups is 1. The summed E-state index contributed by atoms with van der Waals surface area (Å²) in [4.78, 5) is 35.5. The molecule has 0 radical (unpaired) electrons. The minimum absolute atomic E-state index is 0.0199. The number of hydrogen-bond donors (Lipinski definition) is 3. The summed E-state index contributed by atoms with van der Waals surface area (Å²) in [7, 11) is 0. The van der Waals surface area contributed by atoms with Crippen molar-refractivity contribution in [2.24, 2.45) is 0 Å². The van der Waals surface area contributed by atoms with E-state index in [-0.39, 0.29) is 47.9 Å². The molecule has 36 heavy (non-hydrogen) atoms. The Kier molecular flexibility index (Phi) is 5.29. The van der Waals surface area contributed by atoms with Crippen molar-refractivity contribution in [3.05, 3.63) is 42.0 Å². The highest BCUT2D eigenvalue weighted by Gasteiger charge is 2.45. The van der Waals surface area contributed by atoms with Gasteiger partial charge in [-0.15, -0.1) is 10.2 Å². The predicted octanol–water partition coefficient (Wildman–Crippen LogP) is 1.04. The largest absolute Gasteiger partial charge is 0.394 e. The van der Waals surface area contributed by atoms with Crippen LogP contribution in [0.2, 0.25) is 0 Å². The molecular formula is C23H26N10O3. The van der Waals surface area contributed by atoms with Gasteiger partial charge in [0.1, 0.15) is 12.1 Å². The third kappa shape index (κ3) is 3.46. The molecule has 2 aliphatic rings. The molecule has 6 rings (SSSR count). The third-order valence-corrected chi connectivity index (χ3v) is 7.31. The number of nitrogens with one attached hydrogen (secondary N) is 1. The van der Waals surface area contributed by atoms with Gasteiger partial charge in [0, 0.05) is 35.3 Å². The summed E-state index contributed by atoms with van der Waals surface area (Å²) in [6, 6.07) is 0.0398. The number of carbonyl (C=O) groups is 2. The maximum Gasteiger partial charge on any atom is 0.292 e. The number of H-pyrrole nitrogens is 1. The Morgan fingerprint density at radius 2 is 1.97 bits per heavy atom. The predicted molar refractivity (Wildman–Crippen MR) is 127 cm³/mol. The monoisotopic (exact) mass is 490 g/mol. The summed E-state index contributed by atoms with van der Waals surface area (Å²) in [5, 5.41) is 25.5. The van der Waals surface area contributed by atoms with Gasteiger partial charge in [-0.25, -0.2) is 4.98 Å². The number of aromatic nitrogens is 8. The van der Waals surface area contributed by atoms with Gasteiger partial charge in [0.25, 0.3) is 5.91 Å². The van der Waals surface area contributed by atoms with Gasteiger partial charge in [0.05, 0.1) is 36.8 Å². The van der Waals surface area contributed by atoms with Gasteiger partial charge in [-0.3, -0.25) is 14.3 Å². The standard InChI is InChI=1S/C23H26N10O3/c1-12(35)18-19(13-6-15-2-3-16(7-13)32(15)23(36)21-25-11-26-30-21)29-22-17(9-28-33(22)20(18)24)14-8-27-31(10-14)4-5-34/h8-11,13,15-16,34H,2-7,24H2,1H3,(H,25,26,30)/t13-,15-,16+. The van der Waals surface area contributed by atoms with Crippen molar-refractivity contribution in [1.82, 2.24) is 44.5 Å².